The second-order valence-corrected chi connectivity index (χ2v) is 30.3. The first-order valence-electron chi connectivity index (χ1n) is 36.8. The maximum atomic E-state index is 15.8. The molecule has 4 heterocycles. The molecule has 12 amide bonds. The van der Waals surface area contributed by atoms with E-state index in [4.69, 9.17) is 16.3 Å². The van der Waals surface area contributed by atoms with Crippen molar-refractivity contribution in [3.63, 3.8) is 0 Å². The third kappa shape index (κ3) is 17.9. The van der Waals surface area contributed by atoms with Gasteiger partial charge in [0.05, 0.1) is 36.8 Å². The molecule has 4 saturated carbocycles. The zero-order valence-corrected chi connectivity index (χ0v) is 60.8. The van der Waals surface area contributed by atoms with Gasteiger partial charge in [-0.15, -0.1) is 0 Å². The summed E-state index contributed by atoms with van der Waals surface area (Å²) < 4.78 is 47.2. The fraction of sp³-hybridized carbons (Fsp3) is 0.750. The first kappa shape index (κ1) is 78.0. The van der Waals surface area contributed by atoms with Crippen molar-refractivity contribution >= 4 is 82.5 Å². The highest BCUT2D eigenvalue weighted by Crippen LogP contribution is 2.40. The summed E-state index contributed by atoms with van der Waals surface area (Å²) in [5, 5.41) is 11.0. The van der Waals surface area contributed by atoms with Crippen LogP contribution in [-0.4, -0.2) is 251 Å². The van der Waals surface area contributed by atoms with E-state index in [0.29, 0.717) is 56.9 Å². The van der Waals surface area contributed by atoms with E-state index in [1.54, 1.807) is 6.92 Å². The molecule has 101 heavy (non-hydrogen) atoms. The van der Waals surface area contributed by atoms with Gasteiger partial charge < -0.3 is 65.2 Å². The van der Waals surface area contributed by atoms with Crippen LogP contribution >= 0.6 is 11.6 Å². The third-order valence-corrected chi connectivity index (χ3v) is 23.6. The predicted molar refractivity (Wildman–Crippen MR) is 366 cm³/mol. The Balaban J connectivity index is 1.08. The highest BCUT2D eigenvalue weighted by molar-refractivity contribution is 6.31. The van der Waals surface area contributed by atoms with Crippen molar-refractivity contribution in [2.24, 2.45) is 23.7 Å². The van der Waals surface area contributed by atoms with Crippen LogP contribution in [0.3, 0.4) is 0 Å². The molecule has 0 bridgehead atoms. The maximum Gasteiger partial charge on any atom is 0.417 e. The van der Waals surface area contributed by atoms with Crippen molar-refractivity contribution in [3.8, 4) is 0 Å². The van der Waals surface area contributed by atoms with Gasteiger partial charge in [-0.25, -0.2) is 0 Å². The Morgan fingerprint density at radius 1 is 0.644 bits per heavy atom. The molecule has 10 atom stereocenters. The molecule has 0 aromatic heterocycles. The fourth-order valence-electron chi connectivity index (χ4n) is 16.9. The Morgan fingerprint density at radius 3 is 1.83 bits per heavy atom. The maximum absolute atomic E-state index is 15.8. The molecule has 0 radical (unpaired) electrons. The van der Waals surface area contributed by atoms with Gasteiger partial charge in [-0.3, -0.25) is 57.5 Å². The molecule has 4 aliphatic carbocycles. The van der Waals surface area contributed by atoms with Gasteiger partial charge in [0, 0.05) is 61.4 Å². The predicted octanol–water partition coefficient (Wildman–Crippen LogP) is 4.82. The molecule has 25 nitrogen and oxygen atoms in total. The summed E-state index contributed by atoms with van der Waals surface area (Å²) in [6.45, 7) is 5.39. The van der Waals surface area contributed by atoms with Crippen molar-refractivity contribution in [1.82, 2.24) is 60.5 Å². The molecule has 0 unspecified atom stereocenters. The van der Waals surface area contributed by atoms with E-state index in [1.165, 1.54) is 82.5 Å². The average molecular weight is 1440 g/mol. The summed E-state index contributed by atoms with van der Waals surface area (Å²) in [4.78, 5) is 191. The van der Waals surface area contributed by atoms with E-state index in [0.717, 1.165) is 68.4 Å². The minimum Gasteiger partial charge on any atom is -0.378 e. The number of nitrogens with one attached hydrogen (secondary N) is 4. The molecular weight excluding hydrogens is 1330 g/mol. The van der Waals surface area contributed by atoms with Crippen molar-refractivity contribution in [1.29, 1.82) is 0 Å². The van der Waals surface area contributed by atoms with Crippen LogP contribution in [-0.2, 0) is 74.9 Å². The van der Waals surface area contributed by atoms with Gasteiger partial charge >= 0.3 is 6.18 Å². The van der Waals surface area contributed by atoms with Crippen LogP contribution in [0.2, 0.25) is 5.02 Å². The van der Waals surface area contributed by atoms with Gasteiger partial charge in [0.1, 0.15) is 59.9 Å². The number of ether oxygens (including phenoxy) is 1. The quantitative estimate of drug-likeness (QED) is 0.245. The number of benzene rings is 1. The second-order valence-electron chi connectivity index (χ2n) is 29.9. The normalized spacial score (nSPS) is 29.3. The molecule has 1 aromatic carbocycles. The van der Waals surface area contributed by atoms with Gasteiger partial charge in [-0.05, 0) is 125 Å². The summed E-state index contributed by atoms with van der Waals surface area (Å²) in [6.07, 6.45) is 5.72. The van der Waals surface area contributed by atoms with Crippen LogP contribution in [0.25, 0.3) is 0 Å². The Kier molecular flexibility index (Phi) is 26.3. The number of carbonyl (C=O) groups is 12. The molecule has 4 aliphatic heterocycles. The van der Waals surface area contributed by atoms with E-state index in [2.05, 4.69) is 21.3 Å². The second kappa shape index (κ2) is 34.0. The number of hydrogen-bond donors (Lipinski definition) is 4. The number of halogens is 4. The lowest BCUT2D eigenvalue weighted by Crippen LogP contribution is -2.65. The highest BCUT2D eigenvalue weighted by atomic mass is 35.5. The number of morpholine rings is 1. The van der Waals surface area contributed by atoms with Crippen molar-refractivity contribution < 1.29 is 75.4 Å². The molecule has 1 spiro atoms. The minimum absolute atomic E-state index is 0.0257. The van der Waals surface area contributed by atoms with Gasteiger partial charge in [-0.1, -0.05) is 102 Å². The molecule has 8 fully saturated rings. The number of hydrogen-bond acceptors (Lipinski definition) is 13. The summed E-state index contributed by atoms with van der Waals surface area (Å²) in [5.41, 5.74) is -2.34. The number of amides is 12. The number of fused-ring (bicyclic) bond motifs is 2. The van der Waals surface area contributed by atoms with Crippen LogP contribution in [0.5, 0.6) is 0 Å². The first-order valence-corrected chi connectivity index (χ1v) is 37.2. The SMILES string of the molecule is CC[C@H](C)[C@@H]1NC(=O)[C@H](CC2CCCC2)N(C)C(=O)C[C@@H](C(=O)N2CCOCC2)N(C)C(=O)[C@H](C2CCCC2)N(C)C(=O)C2(CCCC2)NC(=O)[C@@H]2CCCN2C(=O)[C@H](CCc2ccc(C(F)(F)F)c(Cl)c2)NC(=O)CN(C)C(=O)[C@H](C2CCCC2)N(C)C(=O)[C@@H]2CCN2C(=O)[C@H](C)NC1=O. The van der Waals surface area contributed by atoms with Gasteiger partial charge in [0.15, 0.2) is 0 Å². The largest absolute Gasteiger partial charge is 0.417 e. The minimum atomic E-state index is -4.76. The van der Waals surface area contributed by atoms with Crippen molar-refractivity contribution in [2.75, 3.05) is 81.2 Å². The molecule has 4 N–H and O–H groups in total. The Bertz CT molecular complexity index is 3220. The third-order valence-electron chi connectivity index (χ3n) is 23.3. The number of nitrogens with zero attached hydrogens (tertiary/aromatic N) is 8. The van der Waals surface area contributed by atoms with Crippen LogP contribution in [0, 0.1) is 23.7 Å². The monoisotopic (exact) mass is 1440 g/mol. The lowest BCUT2D eigenvalue weighted by molar-refractivity contribution is -0.158. The Hall–Kier alpha value is -7.10. The van der Waals surface area contributed by atoms with E-state index in [-0.39, 0.29) is 96.2 Å². The van der Waals surface area contributed by atoms with Crippen LogP contribution in [0.4, 0.5) is 13.2 Å². The van der Waals surface area contributed by atoms with Crippen LogP contribution in [0.1, 0.15) is 180 Å². The van der Waals surface area contributed by atoms with Crippen molar-refractivity contribution in [2.45, 2.75) is 241 Å². The first-order chi connectivity index (χ1) is 48.0. The molecule has 29 heteroatoms. The molecule has 8 aliphatic rings. The Labute approximate surface area is 596 Å². The number of rotatable bonds is 10. The topological polar surface area (TPSA) is 288 Å². The molecule has 560 valence electrons. The van der Waals surface area contributed by atoms with Crippen LogP contribution < -0.4 is 21.3 Å². The van der Waals surface area contributed by atoms with Crippen molar-refractivity contribution in [3.05, 3.63) is 34.3 Å². The fourth-order valence-corrected chi connectivity index (χ4v) is 17.2. The lowest BCUT2D eigenvalue weighted by atomic mass is 9.90. The average Bonchev–Trinajstić information content (AvgIpc) is 1.22. The van der Waals surface area contributed by atoms with E-state index >= 15 is 33.6 Å². The van der Waals surface area contributed by atoms with Gasteiger partial charge in [0.25, 0.3) is 0 Å². The lowest BCUT2D eigenvalue weighted by Gasteiger charge is -2.45. The standard InChI is InChI=1S/C72H106ClF3N12O13/c1-9-43(2)58-63(93)77-44(3)64(94)88-34-30-53(88)66(96)84(7)59(47-21-12-13-22-47)68(98)81(4)42-56(89)78-51(29-27-46-26-28-49(50(73)39-46)72(74,75)76)65(95)87-33-18-25-52(87)62(92)80-71(31-16-17-32-71)70(100)85(8)60(48-23-14-15-24-48)69(99)83(6)55(67(97)86-35-37-101-38-36-86)41-57(90)82(5)54(61(91)79-58)40-45-19-10-11-20-45/h26,28,39,43-45,47-48,51-55,58-60H,9-25,27,29-38,40-42H2,1-8H3,(H,77,93)(H,78,89)(H,79,91)(H,80,92)/t43-,44-,51-,52-,53-,54-,55-,58-,59-,60-/m0/s1. The molecule has 9 rings (SSSR count). The summed E-state index contributed by atoms with van der Waals surface area (Å²) >= 11 is 6.16. The highest BCUT2D eigenvalue weighted by Gasteiger charge is 2.52. The number of likely N-dealkylation sites (N-methyl/N-ethyl adjacent to an activating group) is 5. The van der Waals surface area contributed by atoms with E-state index < -0.39 is 172 Å². The number of carbonyl (C=O) groups excluding carboxylic acids is 12. The van der Waals surface area contributed by atoms with Crippen LogP contribution in [0.15, 0.2) is 18.2 Å². The zero-order valence-electron chi connectivity index (χ0n) is 60.1. The summed E-state index contributed by atoms with van der Waals surface area (Å²) in [5.74, 6) is -8.82. The molecular formula is C72H106ClF3N12O13. The van der Waals surface area contributed by atoms with Gasteiger partial charge in [0.2, 0.25) is 70.9 Å². The summed E-state index contributed by atoms with van der Waals surface area (Å²) in [6, 6.07) is -7.76. The van der Waals surface area contributed by atoms with Gasteiger partial charge in [-0.2, -0.15) is 13.2 Å². The zero-order chi connectivity index (χ0) is 73.4. The summed E-state index contributed by atoms with van der Waals surface area (Å²) in [7, 11) is 7.29. The number of aryl methyl sites for hydroxylation is 1. The smallest absolute Gasteiger partial charge is 0.378 e. The molecule has 1 aromatic rings. The van der Waals surface area contributed by atoms with E-state index in [9.17, 15) is 37.1 Å². The van der Waals surface area contributed by atoms with E-state index in [1.807, 2.05) is 6.92 Å². The molecule has 4 saturated heterocycles. The Morgan fingerprint density at radius 2 is 1.25 bits per heavy atom. The number of alkyl halides is 3.